The average Bonchev–Trinajstić information content (AvgIpc) is 2.43. The Kier molecular flexibility index (Phi) is 5.05. The topological polar surface area (TPSA) is 49.8 Å². The lowest BCUT2D eigenvalue weighted by atomic mass is 9.96. The van der Waals surface area contributed by atoms with E-state index in [0.717, 1.165) is 4.47 Å². The molecule has 5 heteroatoms. The number of halogens is 1. The van der Waals surface area contributed by atoms with E-state index >= 15 is 0 Å². The van der Waals surface area contributed by atoms with E-state index in [1.54, 1.807) is 11.8 Å². The van der Waals surface area contributed by atoms with Crippen LogP contribution in [-0.2, 0) is 4.79 Å². The zero-order chi connectivity index (χ0) is 14.7. The molecular weight excluding hydrogens is 322 g/mol. The number of rotatable bonds is 3. The normalized spacial score (nSPS) is 24.3. The van der Waals surface area contributed by atoms with Crippen molar-refractivity contribution in [2.24, 2.45) is 5.92 Å². The Morgan fingerprint density at radius 2 is 2.10 bits per heavy atom. The fourth-order valence-electron chi connectivity index (χ4n) is 2.36. The average molecular weight is 342 g/mol. The van der Waals surface area contributed by atoms with Crippen LogP contribution < -0.4 is 4.74 Å². The molecule has 0 spiro atoms. The number of carbonyl (C=O) groups excluding carboxylic acids is 1. The summed E-state index contributed by atoms with van der Waals surface area (Å²) >= 11 is 3.36. The quantitative estimate of drug-likeness (QED) is 0.918. The Morgan fingerprint density at radius 1 is 1.45 bits per heavy atom. The summed E-state index contributed by atoms with van der Waals surface area (Å²) in [5.74, 6) is 0.776. The van der Waals surface area contributed by atoms with Gasteiger partial charge in [0.2, 0.25) is 0 Å². The summed E-state index contributed by atoms with van der Waals surface area (Å²) in [7, 11) is 0. The molecule has 1 aliphatic heterocycles. The Bertz CT molecular complexity index is 463. The lowest BCUT2D eigenvalue weighted by Crippen LogP contribution is -2.49. The van der Waals surface area contributed by atoms with Gasteiger partial charge in [0.15, 0.2) is 6.10 Å². The molecule has 2 rings (SSSR count). The fourth-order valence-corrected chi connectivity index (χ4v) is 2.62. The Hall–Kier alpha value is -1.07. The number of benzene rings is 1. The van der Waals surface area contributed by atoms with Gasteiger partial charge < -0.3 is 14.7 Å². The molecule has 110 valence electrons. The van der Waals surface area contributed by atoms with Crippen LogP contribution in [0.2, 0.25) is 0 Å². The van der Waals surface area contributed by atoms with Crippen molar-refractivity contribution in [3.8, 4) is 5.75 Å². The third kappa shape index (κ3) is 3.73. The zero-order valence-electron chi connectivity index (χ0n) is 11.8. The number of hydrogen-bond acceptors (Lipinski definition) is 3. The molecule has 0 bridgehead atoms. The number of amides is 1. The maximum atomic E-state index is 12.3. The first-order chi connectivity index (χ1) is 9.47. The highest BCUT2D eigenvalue weighted by atomic mass is 79.9. The van der Waals surface area contributed by atoms with Gasteiger partial charge in [-0.1, -0.05) is 22.9 Å². The highest BCUT2D eigenvalue weighted by Crippen LogP contribution is 2.20. The number of piperidine rings is 1. The molecule has 1 saturated heterocycles. The summed E-state index contributed by atoms with van der Waals surface area (Å²) in [5.41, 5.74) is 0. The predicted molar refractivity (Wildman–Crippen MR) is 80.6 cm³/mol. The molecule has 1 aliphatic rings. The van der Waals surface area contributed by atoms with E-state index in [2.05, 4.69) is 15.9 Å². The summed E-state index contributed by atoms with van der Waals surface area (Å²) in [6, 6.07) is 7.42. The van der Waals surface area contributed by atoms with E-state index in [0.29, 0.717) is 25.3 Å². The molecule has 20 heavy (non-hydrogen) atoms. The summed E-state index contributed by atoms with van der Waals surface area (Å²) < 4.78 is 6.65. The van der Waals surface area contributed by atoms with Gasteiger partial charge in [0.25, 0.3) is 5.91 Å². The van der Waals surface area contributed by atoms with Crippen molar-refractivity contribution in [1.82, 2.24) is 4.90 Å². The number of likely N-dealkylation sites (tertiary alicyclic amines) is 1. The lowest BCUT2D eigenvalue weighted by molar-refractivity contribution is -0.141. The van der Waals surface area contributed by atoms with Crippen LogP contribution >= 0.6 is 15.9 Å². The van der Waals surface area contributed by atoms with Crippen LogP contribution in [0.5, 0.6) is 5.75 Å². The first-order valence-electron chi connectivity index (χ1n) is 6.86. The minimum atomic E-state index is -0.515. The number of carbonyl (C=O) groups is 1. The van der Waals surface area contributed by atoms with E-state index in [4.69, 9.17) is 4.74 Å². The van der Waals surface area contributed by atoms with Crippen LogP contribution in [-0.4, -0.2) is 41.2 Å². The van der Waals surface area contributed by atoms with Crippen LogP contribution in [0.3, 0.4) is 0 Å². The Morgan fingerprint density at radius 3 is 2.70 bits per heavy atom. The number of aliphatic hydroxyl groups excluding tert-OH is 1. The van der Waals surface area contributed by atoms with Gasteiger partial charge in [-0.3, -0.25) is 4.79 Å². The van der Waals surface area contributed by atoms with Gasteiger partial charge in [0, 0.05) is 17.6 Å². The molecule has 1 fully saturated rings. The van der Waals surface area contributed by atoms with Gasteiger partial charge in [0.05, 0.1) is 6.10 Å². The molecule has 0 aromatic heterocycles. The van der Waals surface area contributed by atoms with Crippen LogP contribution in [0.4, 0.5) is 0 Å². The second kappa shape index (κ2) is 6.59. The smallest absolute Gasteiger partial charge is 0.263 e. The highest BCUT2D eigenvalue weighted by molar-refractivity contribution is 9.10. The van der Waals surface area contributed by atoms with Crippen molar-refractivity contribution >= 4 is 21.8 Å². The number of nitrogens with zero attached hydrogens (tertiary/aromatic N) is 1. The van der Waals surface area contributed by atoms with E-state index in [1.807, 2.05) is 31.2 Å². The molecule has 4 nitrogen and oxygen atoms in total. The van der Waals surface area contributed by atoms with Crippen molar-refractivity contribution in [2.45, 2.75) is 32.5 Å². The van der Waals surface area contributed by atoms with Gasteiger partial charge in [0.1, 0.15) is 5.75 Å². The molecule has 1 heterocycles. The highest BCUT2D eigenvalue weighted by Gasteiger charge is 2.30. The predicted octanol–water partition coefficient (Wildman–Crippen LogP) is 2.45. The molecule has 0 radical (unpaired) electrons. The summed E-state index contributed by atoms with van der Waals surface area (Å²) in [4.78, 5) is 14.1. The van der Waals surface area contributed by atoms with Crippen LogP contribution in [0.25, 0.3) is 0 Å². The third-order valence-corrected chi connectivity index (χ3v) is 4.17. The number of hydrogen-bond donors (Lipinski definition) is 1. The van der Waals surface area contributed by atoms with E-state index in [-0.39, 0.29) is 17.9 Å². The molecule has 1 aromatic rings. The van der Waals surface area contributed by atoms with Crippen molar-refractivity contribution in [1.29, 1.82) is 0 Å². The Balaban J connectivity index is 1.93. The first-order valence-corrected chi connectivity index (χ1v) is 7.65. The van der Waals surface area contributed by atoms with Crippen molar-refractivity contribution in [3.05, 3.63) is 28.7 Å². The Labute approximate surface area is 127 Å². The van der Waals surface area contributed by atoms with Gasteiger partial charge in [-0.15, -0.1) is 0 Å². The van der Waals surface area contributed by atoms with Crippen LogP contribution in [0, 0.1) is 5.92 Å². The molecule has 1 amide bonds. The molecule has 3 unspecified atom stereocenters. The van der Waals surface area contributed by atoms with Gasteiger partial charge in [-0.2, -0.15) is 0 Å². The van der Waals surface area contributed by atoms with Gasteiger partial charge in [-0.25, -0.2) is 0 Å². The molecule has 3 atom stereocenters. The fraction of sp³-hybridized carbons (Fsp3) is 0.533. The molecule has 1 aromatic carbocycles. The summed E-state index contributed by atoms with van der Waals surface area (Å²) in [6.07, 6.45) is -0.182. The molecule has 1 N–H and O–H groups in total. The van der Waals surface area contributed by atoms with Crippen molar-refractivity contribution in [2.75, 3.05) is 13.1 Å². The standard InChI is InChI=1S/C15H20BrNO3/c1-10-9-17(8-7-14(10)18)15(19)11(2)20-13-5-3-12(16)4-6-13/h3-6,10-11,14,18H,7-9H2,1-2H3. The second-order valence-corrected chi connectivity index (χ2v) is 6.25. The SMILES string of the molecule is CC(Oc1ccc(Br)cc1)C(=O)N1CCC(O)C(C)C1. The van der Waals surface area contributed by atoms with E-state index in [9.17, 15) is 9.90 Å². The summed E-state index contributed by atoms with van der Waals surface area (Å²) in [5, 5.41) is 9.70. The number of aliphatic hydroxyl groups is 1. The van der Waals surface area contributed by atoms with E-state index < -0.39 is 6.10 Å². The van der Waals surface area contributed by atoms with Crippen LogP contribution in [0.1, 0.15) is 20.3 Å². The minimum Gasteiger partial charge on any atom is -0.481 e. The van der Waals surface area contributed by atoms with Gasteiger partial charge in [-0.05, 0) is 43.5 Å². The molecule has 0 aliphatic carbocycles. The number of ether oxygens (including phenoxy) is 1. The van der Waals surface area contributed by atoms with Crippen molar-refractivity contribution < 1.29 is 14.6 Å². The third-order valence-electron chi connectivity index (χ3n) is 3.65. The summed E-state index contributed by atoms with van der Waals surface area (Å²) in [6.45, 7) is 4.91. The second-order valence-electron chi connectivity index (χ2n) is 5.33. The van der Waals surface area contributed by atoms with Gasteiger partial charge >= 0.3 is 0 Å². The van der Waals surface area contributed by atoms with Crippen molar-refractivity contribution in [3.63, 3.8) is 0 Å². The largest absolute Gasteiger partial charge is 0.481 e. The van der Waals surface area contributed by atoms with Crippen LogP contribution in [0.15, 0.2) is 28.7 Å². The maximum absolute atomic E-state index is 12.3. The maximum Gasteiger partial charge on any atom is 0.263 e. The zero-order valence-corrected chi connectivity index (χ0v) is 13.3. The minimum absolute atomic E-state index is 0.0216. The van der Waals surface area contributed by atoms with E-state index in [1.165, 1.54) is 0 Å². The lowest BCUT2D eigenvalue weighted by Gasteiger charge is -2.35. The molecule has 0 saturated carbocycles. The molecular formula is C15H20BrNO3. The monoisotopic (exact) mass is 341 g/mol. The first kappa shape index (κ1) is 15.3.